The Bertz CT molecular complexity index is 1080. The van der Waals surface area contributed by atoms with Crippen LogP contribution in [0.25, 0.3) is 0 Å². The second-order valence-electron chi connectivity index (χ2n) is 6.72. The molecule has 6 N–H and O–H groups in total. The number of nitrogens with one attached hydrogen (secondary N) is 2. The normalized spacial score (nSPS) is 13.9. The summed E-state index contributed by atoms with van der Waals surface area (Å²) in [6.07, 6.45) is 0. The minimum atomic E-state index is -1.23. The monoisotopic (exact) mass is 402 g/mol. The highest BCUT2D eigenvalue weighted by molar-refractivity contribution is 5.97. The molecule has 0 aromatic heterocycles. The summed E-state index contributed by atoms with van der Waals surface area (Å²) in [5, 5.41) is 0. The number of cyclic esters (lactones) is 1. The molecule has 0 aliphatic carbocycles. The smallest absolute Gasteiger partial charge is 0.340 e. The maximum Gasteiger partial charge on any atom is 0.340 e. The van der Waals surface area contributed by atoms with Crippen molar-refractivity contribution in [1.82, 2.24) is 10.9 Å². The Kier molecular flexibility index (Phi) is 4.78. The molecule has 1 aliphatic heterocycles. The molecular weight excluding hydrogens is 384 g/mol. The van der Waals surface area contributed by atoms with Gasteiger partial charge in [0.15, 0.2) is 5.60 Å². The Morgan fingerprint density at radius 3 is 1.67 bits per heavy atom. The molecule has 0 atom stereocenters. The lowest BCUT2D eigenvalue weighted by Gasteiger charge is -2.30. The lowest BCUT2D eigenvalue weighted by Crippen LogP contribution is -2.32. The molecule has 0 unspecified atom stereocenters. The average Bonchev–Trinajstić information content (AvgIpc) is 3.12. The van der Waals surface area contributed by atoms with Gasteiger partial charge in [-0.25, -0.2) is 16.5 Å². The van der Waals surface area contributed by atoms with E-state index in [1.54, 1.807) is 60.7 Å². The van der Waals surface area contributed by atoms with Crippen LogP contribution in [0.3, 0.4) is 0 Å². The van der Waals surface area contributed by atoms with Crippen molar-refractivity contribution >= 4 is 17.8 Å². The van der Waals surface area contributed by atoms with Gasteiger partial charge in [0.2, 0.25) is 0 Å². The van der Waals surface area contributed by atoms with E-state index in [2.05, 4.69) is 10.9 Å². The van der Waals surface area contributed by atoms with Gasteiger partial charge >= 0.3 is 5.97 Å². The Labute approximate surface area is 171 Å². The number of nitrogens with two attached hydrogens (primary N) is 2. The summed E-state index contributed by atoms with van der Waals surface area (Å²) in [5.74, 6) is 9.08. The second kappa shape index (κ2) is 7.43. The van der Waals surface area contributed by atoms with E-state index in [4.69, 9.17) is 16.4 Å². The first-order valence-electron chi connectivity index (χ1n) is 9.07. The summed E-state index contributed by atoms with van der Waals surface area (Å²) < 4.78 is 5.96. The van der Waals surface area contributed by atoms with Crippen molar-refractivity contribution in [3.63, 3.8) is 0 Å². The zero-order chi connectivity index (χ0) is 21.3. The number of carbonyl (C=O) groups is 3. The van der Waals surface area contributed by atoms with E-state index in [9.17, 15) is 14.4 Å². The molecule has 4 rings (SSSR count). The number of nitrogen functional groups attached to an aromatic ring is 2. The van der Waals surface area contributed by atoms with Gasteiger partial charge in [-0.1, -0.05) is 42.5 Å². The molecule has 0 saturated heterocycles. The zero-order valence-electron chi connectivity index (χ0n) is 15.7. The highest BCUT2D eigenvalue weighted by Gasteiger charge is 2.48. The van der Waals surface area contributed by atoms with Gasteiger partial charge < -0.3 is 4.74 Å². The van der Waals surface area contributed by atoms with Crippen LogP contribution in [-0.2, 0) is 10.3 Å². The van der Waals surface area contributed by atoms with E-state index >= 15 is 0 Å². The molecule has 0 fully saturated rings. The molecular formula is C22H18N4O4. The minimum Gasteiger partial charge on any atom is -0.441 e. The molecule has 0 radical (unpaired) electrons. The van der Waals surface area contributed by atoms with Gasteiger partial charge in [0.1, 0.15) is 0 Å². The van der Waals surface area contributed by atoms with Crippen molar-refractivity contribution in [3.05, 3.63) is 106 Å². The molecule has 0 bridgehead atoms. The van der Waals surface area contributed by atoms with Gasteiger partial charge in [0, 0.05) is 27.8 Å². The van der Waals surface area contributed by atoms with Crippen molar-refractivity contribution in [2.24, 2.45) is 11.7 Å². The van der Waals surface area contributed by atoms with Crippen LogP contribution in [0.1, 0.15) is 47.8 Å². The fraction of sp³-hybridized carbons (Fsp3) is 0.0455. The van der Waals surface area contributed by atoms with Crippen molar-refractivity contribution in [2.75, 3.05) is 0 Å². The van der Waals surface area contributed by atoms with Gasteiger partial charge in [0.25, 0.3) is 11.8 Å². The fourth-order valence-corrected chi connectivity index (χ4v) is 3.69. The molecule has 30 heavy (non-hydrogen) atoms. The minimum absolute atomic E-state index is 0.365. The van der Waals surface area contributed by atoms with Crippen LogP contribution >= 0.6 is 0 Å². The largest absolute Gasteiger partial charge is 0.441 e. The summed E-state index contributed by atoms with van der Waals surface area (Å²) in [6.45, 7) is 0. The third-order valence-corrected chi connectivity index (χ3v) is 5.14. The number of benzene rings is 3. The van der Waals surface area contributed by atoms with Gasteiger partial charge in [-0.15, -0.1) is 0 Å². The molecule has 2 amide bonds. The van der Waals surface area contributed by atoms with Crippen LogP contribution in [0.15, 0.2) is 72.8 Å². The Morgan fingerprint density at radius 1 is 0.733 bits per heavy atom. The van der Waals surface area contributed by atoms with Crippen LogP contribution in [0.5, 0.6) is 0 Å². The van der Waals surface area contributed by atoms with Gasteiger partial charge in [-0.2, -0.15) is 0 Å². The standard InChI is InChI=1S/C22H18N4O4/c23-25-19(27)13-5-9-15(10-6-13)22(16-11-7-14(8-12-16)20(28)26-24)18-4-2-1-3-17(18)21(29)30-22/h1-12H,23-24H2,(H,25,27)(H,26,28). The van der Waals surface area contributed by atoms with E-state index in [0.717, 1.165) is 0 Å². The maximum absolute atomic E-state index is 12.7. The molecule has 8 heteroatoms. The van der Waals surface area contributed by atoms with E-state index in [1.165, 1.54) is 0 Å². The van der Waals surface area contributed by atoms with Gasteiger partial charge in [-0.3, -0.25) is 20.4 Å². The number of esters is 1. The number of hydrogen-bond donors (Lipinski definition) is 4. The van der Waals surface area contributed by atoms with Crippen molar-refractivity contribution in [3.8, 4) is 0 Å². The van der Waals surface area contributed by atoms with Crippen LogP contribution in [0, 0.1) is 0 Å². The Hall–Kier alpha value is -4.01. The summed E-state index contributed by atoms with van der Waals surface area (Å²) in [4.78, 5) is 36.3. The first kappa shape index (κ1) is 19.3. The fourth-order valence-electron chi connectivity index (χ4n) is 3.69. The zero-order valence-corrected chi connectivity index (χ0v) is 15.7. The number of ether oxygens (including phenoxy) is 1. The summed E-state index contributed by atoms with van der Waals surface area (Å²) in [5.41, 5.74) is 6.07. The Balaban J connectivity index is 1.90. The molecule has 3 aromatic carbocycles. The lowest BCUT2D eigenvalue weighted by atomic mass is 9.79. The van der Waals surface area contributed by atoms with E-state index < -0.39 is 23.4 Å². The van der Waals surface area contributed by atoms with E-state index in [-0.39, 0.29) is 0 Å². The Morgan fingerprint density at radius 2 is 1.20 bits per heavy atom. The summed E-state index contributed by atoms with van der Waals surface area (Å²) in [7, 11) is 0. The van der Waals surface area contributed by atoms with Crippen molar-refractivity contribution < 1.29 is 19.1 Å². The number of carbonyl (C=O) groups excluding carboxylic acids is 3. The molecule has 0 saturated carbocycles. The number of hydrogen-bond acceptors (Lipinski definition) is 6. The van der Waals surface area contributed by atoms with E-state index in [0.29, 0.717) is 33.4 Å². The van der Waals surface area contributed by atoms with Crippen molar-refractivity contribution in [2.45, 2.75) is 5.60 Å². The molecule has 1 aliphatic rings. The molecule has 1 heterocycles. The molecule has 150 valence electrons. The topological polar surface area (TPSA) is 137 Å². The molecule has 3 aromatic rings. The predicted molar refractivity (Wildman–Crippen MR) is 108 cm³/mol. The van der Waals surface area contributed by atoms with Crippen molar-refractivity contribution in [1.29, 1.82) is 0 Å². The quantitative estimate of drug-likeness (QED) is 0.225. The van der Waals surface area contributed by atoms with Crippen LogP contribution < -0.4 is 22.5 Å². The van der Waals surface area contributed by atoms with Gasteiger partial charge in [0.05, 0.1) is 5.56 Å². The second-order valence-corrected chi connectivity index (χ2v) is 6.72. The third-order valence-electron chi connectivity index (χ3n) is 5.14. The SMILES string of the molecule is NNC(=O)c1ccc(C2(c3ccc(C(=O)NN)cc3)OC(=O)c3ccccc32)cc1. The molecule has 8 nitrogen and oxygen atoms in total. The van der Waals surface area contributed by atoms with Crippen LogP contribution in [0.4, 0.5) is 0 Å². The third kappa shape index (κ3) is 2.91. The number of rotatable bonds is 4. The summed E-state index contributed by atoms with van der Waals surface area (Å²) >= 11 is 0. The first-order valence-corrected chi connectivity index (χ1v) is 9.07. The highest BCUT2D eigenvalue weighted by Crippen LogP contribution is 2.46. The highest BCUT2D eigenvalue weighted by atomic mass is 16.6. The number of amides is 2. The van der Waals surface area contributed by atoms with Crippen LogP contribution in [-0.4, -0.2) is 17.8 Å². The first-order chi connectivity index (χ1) is 14.5. The number of hydrazine groups is 2. The predicted octanol–water partition coefficient (Wildman–Crippen LogP) is 1.36. The number of fused-ring (bicyclic) bond motifs is 1. The summed E-state index contributed by atoms with van der Waals surface area (Å²) in [6, 6.07) is 20.3. The van der Waals surface area contributed by atoms with E-state index in [1.807, 2.05) is 12.1 Å². The maximum atomic E-state index is 12.7. The molecule has 0 spiro atoms. The van der Waals surface area contributed by atoms with Gasteiger partial charge in [-0.05, 0) is 30.3 Å². The van der Waals surface area contributed by atoms with Crippen LogP contribution in [0.2, 0.25) is 0 Å². The average molecular weight is 402 g/mol. The lowest BCUT2D eigenvalue weighted by molar-refractivity contribution is 0.0251.